The van der Waals surface area contributed by atoms with Gasteiger partial charge in [-0.25, -0.2) is 4.98 Å². The minimum atomic E-state index is 0.463. The molecular weight excluding hydrogens is 174 g/mol. The van der Waals surface area contributed by atoms with E-state index in [0.717, 1.165) is 18.9 Å². The van der Waals surface area contributed by atoms with Gasteiger partial charge >= 0.3 is 0 Å². The molecule has 2 rings (SSSR count). The summed E-state index contributed by atoms with van der Waals surface area (Å²) in [6.45, 7) is 4.07. The zero-order valence-corrected chi connectivity index (χ0v) is 8.56. The van der Waals surface area contributed by atoms with Crippen LogP contribution in [0.25, 0.3) is 0 Å². The lowest BCUT2D eigenvalue weighted by atomic mass is 10.0. The fourth-order valence-corrected chi connectivity index (χ4v) is 2.18. The van der Waals surface area contributed by atoms with Gasteiger partial charge in [0, 0.05) is 25.3 Å². The Balaban J connectivity index is 2.19. The van der Waals surface area contributed by atoms with Crippen LogP contribution in [-0.2, 0) is 0 Å². The minimum Gasteiger partial charge on any atom is -0.352 e. The van der Waals surface area contributed by atoms with Crippen LogP contribution in [0.3, 0.4) is 0 Å². The van der Waals surface area contributed by atoms with Gasteiger partial charge in [0.05, 0.1) is 0 Å². The van der Waals surface area contributed by atoms with Gasteiger partial charge in [-0.15, -0.1) is 0 Å². The SMILES string of the molecule is CC1CCN(c2ccccn2)C1CN. The molecule has 1 aromatic rings. The van der Waals surface area contributed by atoms with Crippen molar-refractivity contribution in [2.45, 2.75) is 19.4 Å². The lowest BCUT2D eigenvalue weighted by molar-refractivity contribution is 0.517. The van der Waals surface area contributed by atoms with Gasteiger partial charge in [0.15, 0.2) is 0 Å². The summed E-state index contributed by atoms with van der Waals surface area (Å²) in [5, 5.41) is 0. The second-order valence-electron chi connectivity index (χ2n) is 3.95. The highest BCUT2D eigenvalue weighted by Gasteiger charge is 2.30. The Morgan fingerprint density at radius 2 is 2.43 bits per heavy atom. The number of nitrogens with zero attached hydrogens (tertiary/aromatic N) is 2. The molecule has 1 aliphatic heterocycles. The molecule has 0 spiro atoms. The third-order valence-electron chi connectivity index (χ3n) is 3.07. The van der Waals surface area contributed by atoms with E-state index in [2.05, 4.69) is 22.9 Å². The molecule has 1 saturated heterocycles. The molecule has 2 unspecified atom stereocenters. The maximum atomic E-state index is 5.78. The van der Waals surface area contributed by atoms with Crippen LogP contribution in [0.1, 0.15) is 13.3 Å². The molecule has 0 saturated carbocycles. The van der Waals surface area contributed by atoms with Gasteiger partial charge in [-0.2, -0.15) is 0 Å². The summed E-state index contributed by atoms with van der Waals surface area (Å²) in [5.41, 5.74) is 5.78. The molecule has 0 amide bonds. The van der Waals surface area contributed by atoms with Crippen molar-refractivity contribution < 1.29 is 0 Å². The van der Waals surface area contributed by atoms with Crippen molar-refractivity contribution in [1.82, 2.24) is 4.98 Å². The van der Waals surface area contributed by atoms with Crippen molar-refractivity contribution in [3.05, 3.63) is 24.4 Å². The number of hydrogen-bond donors (Lipinski definition) is 1. The van der Waals surface area contributed by atoms with Crippen molar-refractivity contribution in [3.63, 3.8) is 0 Å². The summed E-state index contributed by atoms with van der Waals surface area (Å²) in [6.07, 6.45) is 3.06. The van der Waals surface area contributed by atoms with Crippen molar-refractivity contribution in [3.8, 4) is 0 Å². The summed E-state index contributed by atoms with van der Waals surface area (Å²) >= 11 is 0. The smallest absolute Gasteiger partial charge is 0.128 e. The molecule has 1 fully saturated rings. The molecule has 1 aromatic heterocycles. The van der Waals surface area contributed by atoms with Gasteiger partial charge in [-0.1, -0.05) is 13.0 Å². The average molecular weight is 191 g/mol. The normalized spacial score (nSPS) is 26.9. The average Bonchev–Trinajstić information content (AvgIpc) is 2.61. The second kappa shape index (κ2) is 3.96. The maximum absolute atomic E-state index is 5.78. The Morgan fingerprint density at radius 1 is 1.57 bits per heavy atom. The van der Waals surface area contributed by atoms with E-state index in [4.69, 9.17) is 5.73 Å². The maximum Gasteiger partial charge on any atom is 0.128 e. The summed E-state index contributed by atoms with van der Waals surface area (Å²) in [7, 11) is 0. The molecule has 3 heteroatoms. The topological polar surface area (TPSA) is 42.2 Å². The highest BCUT2D eigenvalue weighted by Crippen LogP contribution is 2.27. The molecular formula is C11H17N3. The molecule has 1 aliphatic rings. The first-order valence-corrected chi connectivity index (χ1v) is 5.20. The van der Waals surface area contributed by atoms with Gasteiger partial charge < -0.3 is 10.6 Å². The zero-order chi connectivity index (χ0) is 9.97. The molecule has 76 valence electrons. The molecule has 0 radical (unpaired) electrons. The third kappa shape index (κ3) is 1.60. The van der Waals surface area contributed by atoms with Crippen molar-refractivity contribution in [1.29, 1.82) is 0 Å². The van der Waals surface area contributed by atoms with Crippen LogP contribution >= 0.6 is 0 Å². The van der Waals surface area contributed by atoms with Crippen LogP contribution in [0.4, 0.5) is 5.82 Å². The van der Waals surface area contributed by atoms with Crippen molar-refractivity contribution in [2.24, 2.45) is 11.7 Å². The van der Waals surface area contributed by atoms with Gasteiger partial charge in [0.2, 0.25) is 0 Å². The van der Waals surface area contributed by atoms with E-state index in [1.165, 1.54) is 6.42 Å². The quantitative estimate of drug-likeness (QED) is 0.765. The Bertz CT molecular complexity index is 286. The first-order valence-electron chi connectivity index (χ1n) is 5.20. The summed E-state index contributed by atoms with van der Waals surface area (Å²) < 4.78 is 0. The van der Waals surface area contributed by atoms with E-state index < -0.39 is 0 Å². The van der Waals surface area contributed by atoms with E-state index >= 15 is 0 Å². The number of anilines is 1. The predicted molar refractivity (Wildman–Crippen MR) is 58.2 cm³/mol. The van der Waals surface area contributed by atoms with Gasteiger partial charge in [0.25, 0.3) is 0 Å². The first kappa shape index (κ1) is 9.46. The Kier molecular flexibility index (Phi) is 2.68. The third-order valence-corrected chi connectivity index (χ3v) is 3.07. The molecule has 14 heavy (non-hydrogen) atoms. The standard InChI is InChI=1S/C11H17N3/c1-9-5-7-14(10(9)8-12)11-4-2-3-6-13-11/h2-4,6,9-10H,5,7-8,12H2,1H3. The number of rotatable bonds is 2. The van der Waals surface area contributed by atoms with Crippen LogP contribution in [0.15, 0.2) is 24.4 Å². The fourth-order valence-electron chi connectivity index (χ4n) is 2.18. The largest absolute Gasteiger partial charge is 0.352 e. The highest BCUT2D eigenvalue weighted by atomic mass is 15.2. The van der Waals surface area contributed by atoms with Gasteiger partial charge in [0.1, 0.15) is 5.82 Å². The highest BCUT2D eigenvalue weighted by molar-refractivity contribution is 5.41. The van der Waals surface area contributed by atoms with Crippen molar-refractivity contribution in [2.75, 3.05) is 18.0 Å². The number of nitrogens with two attached hydrogens (primary N) is 1. The van der Waals surface area contributed by atoms with E-state index in [1.807, 2.05) is 18.3 Å². The zero-order valence-electron chi connectivity index (χ0n) is 8.56. The van der Waals surface area contributed by atoms with E-state index in [1.54, 1.807) is 0 Å². The van der Waals surface area contributed by atoms with E-state index in [-0.39, 0.29) is 0 Å². The summed E-state index contributed by atoms with van der Waals surface area (Å²) in [5.74, 6) is 1.74. The predicted octanol–water partition coefficient (Wildman–Crippen LogP) is 1.26. The lowest BCUT2D eigenvalue weighted by Gasteiger charge is -2.26. The Labute approximate surface area is 84.9 Å². The molecule has 0 aromatic carbocycles. The Morgan fingerprint density at radius 3 is 3.07 bits per heavy atom. The fraction of sp³-hybridized carbons (Fsp3) is 0.545. The van der Waals surface area contributed by atoms with E-state index in [0.29, 0.717) is 12.0 Å². The van der Waals surface area contributed by atoms with Crippen LogP contribution in [0.5, 0.6) is 0 Å². The van der Waals surface area contributed by atoms with Crippen LogP contribution in [0.2, 0.25) is 0 Å². The number of hydrogen-bond acceptors (Lipinski definition) is 3. The summed E-state index contributed by atoms with van der Waals surface area (Å²) in [6, 6.07) is 6.49. The lowest BCUT2D eigenvalue weighted by Crippen LogP contribution is -2.38. The first-order chi connectivity index (χ1) is 6.83. The monoisotopic (exact) mass is 191 g/mol. The molecule has 2 heterocycles. The van der Waals surface area contributed by atoms with Crippen molar-refractivity contribution >= 4 is 5.82 Å². The van der Waals surface area contributed by atoms with E-state index in [9.17, 15) is 0 Å². The van der Waals surface area contributed by atoms with Gasteiger partial charge in [-0.3, -0.25) is 0 Å². The molecule has 0 aliphatic carbocycles. The molecule has 2 atom stereocenters. The minimum absolute atomic E-state index is 0.463. The van der Waals surface area contributed by atoms with Gasteiger partial charge in [-0.05, 0) is 24.5 Å². The second-order valence-corrected chi connectivity index (χ2v) is 3.95. The molecule has 3 nitrogen and oxygen atoms in total. The Hall–Kier alpha value is -1.09. The molecule has 2 N–H and O–H groups in total. The number of pyridine rings is 1. The number of aromatic nitrogens is 1. The van der Waals surface area contributed by atoms with Crippen LogP contribution < -0.4 is 10.6 Å². The van der Waals surface area contributed by atoms with Crippen LogP contribution in [-0.4, -0.2) is 24.1 Å². The van der Waals surface area contributed by atoms with Crippen LogP contribution in [0, 0.1) is 5.92 Å². The summed E-state index contributed by atoms with van der Waals surface area (Å²) in [4.78, 5) is 6.69. The molecule has 0 bridgehead atoms.